The summed E-state index contributed by atoms with van der Waals surface area (Å²) in [5, 5.41) is 4.22. The number of nitrogens with zero attached hydrogens (tertiary/aromatic N) is 2. The molecule has 0 unspecified atom stereocenters. The van der Waals surface area contributed by atoms with Crippen molar-refractivity contribution in [2.24, 2.45) is 5.10 Å². The van der Waals surface area contributed by atoms with E-state index in [9.17, 15) is 18.0 Å². The molecular weight excluding hydrogens is 446 g/mol. The second-order valence-corrected chi connectivity index (χ2v) is 8.74. The molecule has 0 aliphatic heterocycles. The molecule has 0 aromatic heterocycles. The maximum Gasteiger partial charge on any atom is 0.343 e. The van der Waals surface area contributed by atoms with Gasteiger partial charge >= 0.3 is 5.97 Å². The molecule has 1 N–H and O–H groups in total. The zero-order valence-corrected chi connectivity index (χ0v) is 18.7. The number of benzene rings is 2. The smallest absolute Gasteiger partial charge is 0.343 e. The van der Waals surface area contributed by atoms with Gasteiger partial charge in [-0.15, -0.1) is 0 Å². The molecule has 0 spiro atoms. The summed E-state index contributed by atoms with van der Waals surface area (Å²) in [6.07, 6.45) is 2.39. The number of hydrogen-bond acceptors (Lipinski definition) is 7. The maximum atomic E-state index is 12.2. The van der Waals surface area contributed by atoms with E-state index in [2.05, 4.69) is 15.3 Å². The minimum absolute atomic E-state index is 0.205. The highest BCUT2D eigenvalue weighted by atomic mass is 35.5. The summed E-state index contributed by atoms with van der Waals surface area (Å²) < 4.78 is 34.9. The van der Waals surface area contributed by atoms with Crippen LogP contribution in [0.1, 0.15) is 11.1 Å². The topological polar surface area (TPSA) is 114 Å². The van der Waals surface area contributed by atoms with Crippen molar-refractivity contribution in [2.75, 3.05) is 30.8 Å². The predicted octanol–water partition coefficient (Wildman–Crippen LogP) is 2.12. The lowest BCUT2D eigenvalue weighted by atomic mass is 10.2. The molecule has 0 bridgehead atoms. The van der Waals surface area contributed by atoms with Crippen LogP contribution in [0.15, 0.2) is 47.6 Å². The molecule has 31 heavy (non-hydrogen) atoms. The zero-order chi connectivity index (χ0) is 23.0. The number of anilines is 1. The predicted molar refractivity (Wildman–Crippen MR) is 118 cm³/mol. The van der Waals surface area contributed by atoms with Crippen LogP contribution in [-0.2, 0) is 24.3 Å². The van der Waals surface area contributed by atoms with Gasteiger partial charge in [0.15, 0.2) is 6.61 Å². The normalized spacial score (nSPS) is 11.2. The number of carbonyl (C=O) groups excluding carboxylic acids is 2. The molecule has 0 aliphatic rings. The number of ether oxygens (including phenoxy) is 2. The first-order chi connectivity index (χ1) is 14.6. The van der Waals surface area contributed by atoms with Crippen LogP contribution in [-0.4, -0.2) is 53.0 Å². The van der Waals surface area contributed by atoms with Crippen molar-refractivity contribution in [3.8, 4) is 5.75 Å². The van der Waals surface area contributed by atoms with Gasteiger partial charge in [0, 0.05) is 5.02 Å². The van der Waals surface area contributed by atoms with Gasteiger partial charge < -0.3 is 9.47 Å². The number of hydrazone groups is 1. The second-order valence-electron chi connectivity index (χ2n) is 6.43. The Hall–Kier alpha value is -3.11. The van der Waals surface area contributed by atoms with Crippen LogP contribution < -0.4 is 14.5 Å². The van der Waals surface area contributed by atoms with E-state index in [-0.39, 0.29) is 12.3 Å². The van der Waals surface area contributed by atoms with Crippen LogP contribution >= 0.6 is 11.6 Å². The number of halogens is 1. The van der Waals surface area contributed by atoms with Crippen molar-refractivity contribution in [2.45, 2.75) is 6.92 Å². The molecule has 2 aromatic carbocycles. The Labute approximate surface area is 185 Å². The van der Waals surface area contributed by atoms with Gasteiger partial charge in [-0.1, -0.05) is 17.7 Å². The van der Waals surface area contributed by atoms with E-state index in [4.69, 9.17) is 16.3 Å². The van der Waals surface area contributed by atoms with Crippen LogP contribution in [0.5, 0.6) is 5.75 Å². The van der Waals surface area contributed by atoms with E-state index in [1.54, 1.807) is 43.3 Å². The van der Waals surface area contributed by atoms with Crippen LogP contribution in [0.25, 0.3) is 0 Å². The van der Waals surface area contributed by atoms with E-state index in [0.29, 0.717) is 16.3 Å². The SMILES string of the molecule is COC(=O)COc1ccc(/C=N\NC(=O)CN(c2ccc(C)c(Cl)c2)S(C)(=O)=O)cc1. The molecule has 0 saturated heterocycles. The van der Waals surface area contributed by atoms with Crippen LogP contribution in [0.2, 0.25) is 5.02 Å². The summed E-state index contributed by atoms with van der Waals surface area (Å²) in [5.74, 6) is -0.659. The van der Waals surface area contributed by atoms with E-state index >= 15 is 0 Å². The van der Waals surface area contributed by atoms with Crippen molar-refractivity contribution in [3.05, 3.63) is 58.6 Å². The molecule has 166 valence electrons. The molecule has 9 nitrogen and oxygen atoms in total. The summed E-state index contributed by atoms with van der Waals surface area (Å²) in [6, 6.07) is 11.3. The minimum Gasteiger partial charge on any atom is -0.482 e. The van der Waals surface area contributed by atoms with Crippen molar-refractivity contribution in [1.82, 2.24) is 5.43 Å². The number of esters is 1. The maximum absolute atomic E-state index is 12.2. The molecule has 2 rings (SSSR count). The van der Waals surface area contributed by atoms with E-state index in [0.717, 1.165) is 16.1 Å². The van der Waals surface area contributed by atoms with Gasteiger partial charge in [0.1, 0.15) is 12.3 Å². The third kappa shape index (κ3) is 7.58. The number of methoxy groups -OCH3 is 1. The molecule has 0 atom stereocenters. The number of amides is 1. The van der Waals surface area contributed by atoms with Gasteiger partial charge in [0.05, 0.1) is 25.3 Å². The average molecular weight is 468 g/mol. The second kappa shape index (κ2) is 10.8. The largest absolute Gasteiger partial charge is 0.482 e. The van der Waals surface area contributed by atoms with Gasteiger partial charge in [-0.3, -0.25) is 9.10 Å². The highest BCUT2D eigenvalue weighted by Crippen LogP contribution is 2.24. The standard InChI is InChI=1S/C20H22ClN3O6S/c1-14-4-7-16(10-18(14)21)24(31(3,27)28)12-19(25)23-22-11-15-5-8-17(9-6-15)30-13-20(26)29-2/h4-11H,12-13H2,1-3H3,(H,23,25)/b22-11-. The Kier molecular flexibility index (Phi) is 8.40. The fraction of sp³-hybridized carbons (Fsp3) is 0.250. The Morgan fingerprint density at radius 2 is 1.87 bits per heavy atom. The minimum atomic E-state index is -3.72. The molecule has 0 heterocycles. The van der Waals surface area contributed by atoms with Crippen molar-refractivity contribution in [1.29, 1.82) is 0 Å². The number of carbonyl (C=O) groups is 2. The molecular formula is C20H22ClN3O6S. The Morgan fingerprint density at radius 1 is 1.19 bits per heavy atom. The lowest BCUT2D eigenvalue weighted by molar-refractivity contribution is -0.142. The number of rotatable bonds is 9. The first-order valence-corrected chi connectivity index (χ1v) is 11.2. The Balaban J connectivity index is 1.98. The average Bonchev–Trinajstić information content (AvgIpc) is 2.72. The zero-order valence-electron chi connectivity index (χ0n) is 17.2. The summed E-state index contributed by atoms with van der Waals surface area (Å²) >= 11 is 6.07. The van der Waals surface area contributed by atoms with E-state index in [1.165, 1.54) is 19.4 Å². The van der Waals surface area contributed by atoms with Crippen molar-refractivity contribution < 1.29 is 27.5 Å². The first kappa shape index (κ1) is 24.2. The molecule has 11 heteroatoms. The van der Waals surface area contributed by atoms with Gasteiger partial charge in [0.25, 0.3) is 5.91 Å². The quantitative estimate of drug-likeness (QED) is 0.343. The van der Waals surface area contributed by atoms with E-state index in [1.807, 2.05) is 0 Å². The summed E-state index contributed by atoms with van der Waals surface area (Å²) in [6.45, 7) is 1.12. The molecule has 0 aliphatic carbocycles. The summed E-state index contributed by atoms with van der Waals surface area (Å²) in [4.78, 5) is 23.3. The molecule has 0 fully saturated rings. The first-order valence-electron chi connectivity index (χ1n) is 8.95. The molecule has 0 radical (unpaired) electrons. The molecule has 0 saturated carbocycles. The van der Waals surface area contributed by atoms with Gasteiger partial charge in [-0.25, -0.2) is 18.6 Å². The van der Waals surface area contributed by atoms with Gasteiger partial charge in [-0.05, 0) is 54.4 Å². The third-order valence-corrected chi connectivity index (χ3v) is 5.55. The Bertz CT molecular complexity index is 1070. The fourth-order valence-electron chi connectivity index (χ4n) is 2.33. The Morgan fingerprint density at radius 3 is 2.45 bits per heavy atom. The van der Waals surface area contributed by atoms with Crippen LogP contribution in [0.4, 0.5) is 5.69 Å². The molecule has 1 amide bonds. The number of hydrogen-bond donors (Lipinski definition) is 1. The fourth-order valence-corrected chi connectivity index (χ4v) is 3.36. The van der Waals surface area contributed by atoms with Crippen LogP contribution in [0.3, 0.4) is 0 Å². The van der Waals surface area contributed by atoms with Gasteiger partial charge in [0.2, 0.25) is 10.0 Å². The summed E-state index contributed by atoms with van der Waals surface area (Å²) in [7, 11) is -2.45. The lowest BCUT2D eigenvalue weighted by Crippen LogP contribution is -2.39. The highest BCUT2D eigenvalue weighted by molar-refractivity contribution is 7.92. The lowest BCUT2D eigenvalue weighted by Gasteiger charge is -2.21. The monoisotopic (exact) mass is 467 g/mol. The summed E-state index contributed by atoms with van der Waals surface area (Å²) in [5.41, 5.74) is 4.00. The van der Waals surface area contributed by atoms with Crippen LogP contribution in [0, 0.1) is 6.92 Å². The van der Waals surface area contributed by atoms with Crippen molar-refractivity contribution >= 4 is 45.4 Å². The van der Waals surface area contributed by atoms with Gasteiger partial charge in [-0.2, -0.15) is 5.10 Å². The number of aryl methyl sites for hydroxylation is 1. The molecule has 2 aromatic rings. The number of nitrogens with one attached hydrogen (secondary N) is 1. The highest BCUT2D eigenvalue weighted by Gasteiger charge is 2.21. The third-order valence-electron chi connectivity index (χ3n) is 4.00. The van der Waals surface area contributed by atoms with Crippen molar-refractivity contribution in [3.63, 3.8) is 0 Å². The van der Waals surface area contributed by atoms with E-state index < -0.39 is 28.4 Å². The number of sulfonamides is 1.